The van der Waals surface area contributed by atoms with Crippen molar-refractivity contribution < 1.29 is 23.9 Å². The first kappa shape index (κ1) is 30.5. The maximum atomic E-state index is 13.7. The largest absolute Gasteiger partial charge is 0.361 e. The maximum Gasteiger partial charge on any atom is 0.224 e. The normalized spacial score (nSPS) is 18.2. The van der Waals surface area contributed by atoms with Gasteiger partial charge in [-0.1, -0.05) is 67.6 Å². The van der Waals surface area contributed by atoms with Crippen LogP contribution < -0.4 is 5.32 Å². The smallest absolute Gasteiger partial charge is 0.224 e. The molecule has 4 rings (SSSR count). The summed E-state index contributed by atoms with van der Waals surface area (Å²) in [5.74, 6) is -1.90. The highest BCUT2D eigenvalue weighted by Crippen LogP contribution is 2.29. The van der Waals surface area contributed by atoms with Crippen LogP contribution in [0.1, 0.15) is 53.4 Å². The molecule has 41 heavy (non-hydrogen) atoms. The lowest BCUT2D eigenvalue weighted by Gasteiger charge is -2.24. The molecule has 0 spiro atoms. The lowest BCUT2D eigenvalue weighted by molar-refractivity contribution is -0.134. The number of nitrogens with one attached hydrogen (secondary N) is 1. The van der Waals surface area contributed by atoms with Gasteiger partial charge in [-0.3, -0.25) is 19.2 Å². The minimum atomic E-state index is -0.901. The number of thiazole rings is 1. The van der Waals surface area contributed by atoms with Crippen LogP contribution >= 0.6 is 11.3 Å². The number of nitrogens with zero attached hydrogens (tertiary/aromatic N) is 1. The molecule has 1 saturated heterocycles. The Labute approximate surface area is 245 Å². The first-order valence-corrected chi connectivity index (χ1v) is 14.9. The number of aromatic nitrogens is 1. The van der Waals surface area contributed by atoms with Gasteiger partial charge in [0.1, 0.15) is 17.2 Å². The summed E-state index contributed by atoms with van der Waals surface area (Å²) in [7, 11) is 0. The number of hydrogen-bond donors (Lipinski definition) is 1. The number of Topliss-reactive ketones (excluding diaryl/α,β-unsaturated/α-hetero) is 3. The number of ketones is 3. The molecule has 1 aliphatic heterocycles. The zero-order valence-electron chi connectivity index (χ0n) is 24.1. The fourth-order valence-electron chi connectivity index (χ4n) is 5.01. The molecule has 1 unspecified atom stereocenters. The van der Waals surface area contributed by atoms with Crippen molar-refractivity contribution in [3.8, 4) is 0 Å². The molecule has 0 aliphatic carbocycles. The predicted octanol–water partition coefficient (Wildman–Crippen LogP) is 4.80. The van der Waals surface area contributed by atoms with Crippen LogP contribution in [-0.4, -0.2) is 46.5 Å². The van der Waals surface area contributed by atoms with Crippen LogP contribution in [0, 0.1) is 25.7 Å². The fraction of sp³-hybridized carbons (Fsp3) is 0.424. The van der Waals surface area contributed by atoms with E-state index in [4.69, 9.17) is 4.74 Å². The highest BCUT2D eigenvalue weighted by Gasteiger charge is 2.50. The van der Waals surface area contributed by atoms with Crippen LogP contribution in [0.5, 0.6) is 0 Å². The summed E-state index contributed by atoms with van der Waals surface area (Å²) in [5, 5.41) is 3.88. The predicted molar refractivity (Wildman–Crippen MR) is 159 cm³/mol. The van der Waals surface area contributed by atoms with E-state index >= 15 is 0 Å². The van der Waals surface area contributed by atoms with Gasteiger partial charge in [-0.25, -0.2) is 4.98 Å². The van der Waals surface area contributed by atoms with E-state index in [-0.39, 0.29) is 42.5 Å². The van der Waals surface area contributed by atoms with Crippen molar-refractivity contribution in [2.24, 2.45) is 11.8 Å². The van der Waals surface area contributed by atoms with E-state index < -0.39 is 23.5 Å². The van der Waals surface area contributed by atoms with Gasteiger partial charge < -0.3 is 10.1 Å². The zero-order chi connectivity index (χ0) is 29.6. The molecule has 216 valence electrons. The molecule has 1 fully saturated rings. The minimum absolute atomic E-state index is 0.0200. The third-order valence-corrected chi connectivity index (χ3v) is 8.67. The molecular formula is C33H38N2O5S. The number of epoxide rings is 1. The Balaban J connectivity index is 1.46. The minimum Gasteiger partial charge on any atom is -0.361 e. The summed E-state index contributed by atoms with van der Waals surface area (Å²) in [6.07, 6.45) is 1.02. The molecule has 0 radical (unpaired) electrons. The molecule has 1 amide bonds. The Morgan fingerprint density at radius 3 is 2.07 bits per heavy atom. The molecule has 7 nitrogen and oxygen atoms in total. The SMILES string of the molecule is Cc1nc(C)c(CC(=O)C[C@@H](C)C(=O)C[C@@H](Cc2ccccc2)C(=O)N[C@@H](Cc2ccccc2)C(=O)C2(C)CO2)s1. The van der Waals surface area contributed by atoms with Crippen molar-refractivity contribution in [2.75, 3.05) is 6.61 Å². The second-order valence-corrected chi connectivity index (χ2v) is 12.5. The van der Waals surface area contributed by atoms with Gasteiger partial charge in [-0.05, 0) is 44.7 Å². The lowest BCUT2D eigenvalue weighted by Crippen LogP contribution is -2.49. The molecule has 3 aromatic rings. The zero-order valence-corrected chi connectivity index (χ0v) is 25.0. The van der Waals surface area contributed by atoms with Crippen molar-refractivity contribution in [3.63, 3.8) is 0 Å². The Kier molecular flexibility index (Phi) is 9.99. The van der Waals surface area contributed by atoms with E-state index in [1.165, 1.54) is 11.3 Å². The lowest BCUT2D eigenvalue weighted by atomic mass is 9.87. The van der Waals surface area contributed by atoms with Crippen LogP contribution in [0.15, 0.2) is 60.7 Å². The van der Waals surface area contributed by atoms with Crippen LogP contribution in [0.4, 0.5) is 0 Å². The topological polar surface area (TPSA) is 106 Å². The van der Waals surface area contributed by atoms with Gasteiger partial charge in [-0.2, -0.15) is 0 Å². The number of carbonyl (C=O) groups excluding carboxylic acids is 4. The van der Waals surface area contributed by atoms with E-state index in [0.717, 1.165) is 26.7 Å². The van der Waals surface area contributed by atoms with Gasteiger partial charge in [0.15, 0.2) is 5.78 Å². The molecule has 1 aromatic heterocycles. The summed E-state index contributed by atoms with van der Waals surface area (Å²) in [6, 6.07) is 18.3. The van der Waals surface area contributed by atoms with E-state index in [1.807, 2.05) is 74.5 Å². The second-order valence-electron chi connectivity index (χ2n) is 11.3. The first-order valence-electron chi connectivity index (χ1n) is 14.1. The molecule has 8 heteroatoms. The van der Waals surface area contributed by atoms with Crippen LogP contribution in [0.3, 0.4) is 0 Å². The van der Waals surface area contributed by atoms with Crippen molar-refractivity contribution in [3.05, 3.63) is 87.4 Å². The Bertz CT molecular complexity index is 1380. The molecular weight excluding hydrogens is 536 g/mol. The fourth-order valence-corrected chi connectivity index (χ4v) is 5.98. The molecule has 1 aliphatic rings. The summed E-state index contributed by atoms with van der Waals surface area (Å²) in [6.45, 7) is 7.60. The number of hydrogen-bond acceptors (Lipinski definition) is 7. The Hall–Kier alpha value is -3.49. The Morgan fingerprint density at radius 2 is 1.54 bits per heavy atom. The summed E-state index contributed by atoms with van der Waals surface area (Å²) < 4.78 is 5.41. The average molecular weight is 575 g/mol. The number of rotatable bonds is 15. The standard InChI is InChI=1S/C33H38N2O5S/c1-21(15-27(36)19-30-22(2)34-23(3)41-30)29(37)18-26(16-24-11-7-5-8-12-24)32(39)35-28(31(38)33(4)20-40-33)17-25-13-9-6-10-14-25/h5-14,21,26,28H,15-20H2,1-4H3,(H,35,39)/t21-,26-,28+,33?/m1/s1. The monoisotopic (exact) mass is 574 g/mol. The summed E-state index contributed by atoms with van der Waals surface area (Å²) >= 11 is 1.50. The summed E-state index contributed by atoms with van der Waals surface area (Å²) in [5.41, 5.74) is 1.79. The van der Waals surface area contributed by atoms with Crippen molar-refractivity contribution >= 4 is 34.6 Å². The van der Waals surface area contributed by atoms with Gasteiger partial charge in [0.2, 0.25) is 5.91 Å². The van der Waals surface area contributed by atoms with Crippen molar-refractivity contribution in [1.82, 2.24) is 10.3 Å². The average Bonchev–Trinajstić information content (AvgIpc) is 3.62. The van der Waals surface area contributed by atoms with Crippen LogP contribution in [0.25, 0.3) is 0 Å². The van der Waals surface area contributed by atoms with Gasteiger partial charge in [0, 0.05) is 36.0 Å². The molecule has 1 N–H and O–H groups in total. The van der Waals surface area contributed by atoms with Crippen molar-refractivity contribution in [1.29, 1.82) is 0 Å². The molecule has 4 atom stereocenters. The van der Waals surface area contributed by atoms with Crippen molar-refractivity contribution in [2.45, 2.75) is 71.4 Å². The van der Waals surface area contributed by atoms with Crippen LogP contribution in [-0.2, 0) is 43.2 Å². The highest BCUT2D eigenvalue weighted by atomic mass is 32.1. The van der Waals surface area contributed by atoms with Gasteiger partial charge >= 0.3 is 0 Å². The molecule has 0 saturated carbocycles. The maximum absolute atomic E-state index is 13.7. The van der Waals surface area contributed by atoms with E-state index in [9.17, 15) is 19.2 Å². The van der Waals surface area contributed by atoms with E-state index in [2.05, 4.69) is 10.3 Å². The van der Waals surface area contributed by atoms with Gasteiger partial charge in [-0.15, -0.1) is 11.3 Å². The first-order chi connectivity index (χ1) is 19.5. The van der Waals surface area contributed by atoms with Crippen LogP contribution in [0.2, 0.25) is 0 Å². The summed E-state index contributed by atoms with van der Waals surface area (Å²) in [4.78, 5) is 58.5. The number of ether oxygens (including phenoxy) is 1. The molecule has 2 aromatic carbocycles. The van der Waals surface area contributed by atoms with Gasteiger partial charge in [0.05, 0.1) is 23.4 Å². The molecule has 2 heterocycles. The highest BCUT2D eigenvalue weighted by molar-refractivity contribution is 7.11. The van der Waals surface area contributed by atoms with E-state index in [1.54, 1.807) is 13.8 Å². The third kappa shape index (κ3) is 8.50. The third-order valence-electron chi connectivity index (χ3n) is 7.60. The molecule has 0 bridgehead atoms. The number of carbonyl (C=O) groups is 4. The van der Waals surface area contributed by atoms with E-state index in [0.29, 0.717) is 19.4 Å². The Morgan fingerprint density at radius 1 is 0.951 bits per heavy atom. The van der Waals surface area contributed by atoms with Gasteiger partial charge in [0.25, 0.3) is 0 Å². The quantitative estimate of drug-likeness (QED) is 0.262. The number of amides is 1. The number of benzene rings is 2. The number of aryl methyl sites for hydroxylation is 2. The second kappa shape index (κ2) is 13.4.